The van der Waals surface area contributed by atoms with Crippen molar-refractivity contribution in [3.8, 4) is 0 Å². The van der Waals surface area contributed by atoms with Gasteiger partial charge in [0, 0.05) is 31.9 Å². The zero-order valence-corrected chi connectivity index (χ0v) is 15.2. The average molecular weight is 357 g/mol. The van der Waals surface area contributed by atoms with E-state index in [4.69, 9.17) is 5.73 Å². The Kier molecular flexibility index (Phi) is 6.11. The van der Waals surface area contributed by atoms with Crippen molar-refractivity contribution in [3.63, 3.8) is 0 Å². The Morgan fingerprint density at radius 1 is 1.31 bits per heavy atom. The lowest BCUT2D eigenvalue weighted by Gasteiger charge is -2.19. The molecule has 1 heterocycles. The number of aromatic nitrogens is 1. The van der Waals surface area contributed by atoms with Crippen LogP contribution < -0.4 is 16.0 Å². The first kappa shape index (κ1) is 19.2. The Balaban J connectivity index is 2.11. The van der Waals surface area contributed by atoms with Crippen molar-refractivity contribution in [2.24, 2.45) is 0 Å². The zero-order valence-electron chi connectivity index (χ0n) is 15.2. The van der Waals surface area contributed by atoms with Gasteiger partial charge in [-0.1, -0.05) is 6.07 Å². The van der Waals surface area contributed by atoms with Crippen molar-refractivity contribution in [3.05, 3.63) is 57.3 Å². The molecule has 0 unspecified atom stereocenters. The van der Waals surface area contributed by atoms with E-state index in [-0.39, 0.29) is 23.5 Å². The van der Waals surface area contributed by atoms with Crippen LogP contribution in [0.4, 0.5) is 17.2 Å². The van der Waals surface area contributed by atoms with E-state index in [9.17, 15) is 14.9 Å². The van der Waals surface area contributed by atoms with Crippen molar-refractivity contribution in [1.29, 1.82) is 0 Å². The number of carbonyl (C=O) groups excluding carboxylic acids is 1. The van der Waals surface area contributed by atoms with E-state index in [1.54, 1.807) is 19.2 Å². The number of benzene rings is 1. The summed E-state index contributed by atoms with van der Waals surface area (Å²) >= 11 is 0. The van der Waals surface area contributed by atoms with Gasteiger partial charge >= 0.3 is 0 Å². The largest absolute Gasteiger partial charge is 0.393 e. The van der Waals surface area contributed by atoms with Crippen molar-refractivity contribution in [2.75, 3.05) is 23.7 Å². The number of hydrogen-bond acceptors (Lipinski definition) is 6. The van der Waals surface area contributed by atoms with Crippen LogP contribution in [0.15, 0.2) is 30.5 Å². The third kappa shape index (κ3) is 4.27. The van der Waals surface area contributed by atoms with E-state index in [1.807, 2.05) is 12.1 Å². The highest BCUT2D eigenvalue weighted by Gasteiger charge is 2.20. The first-order valence-electron chi connectivity index (χ1n) is 8.39. The molecular weight excluding hydrogens is 334 g/mol. The summed E-state index contributed by atoms with van der Waals surface area (Å²) < 4.78 is 0. The lowest BCUT2D eigenvalue weighted by molar-refractivity contribution is -0.384. The van der Waals surface area contributed by atoms with Crippen LogP contribution in [0.25, 0.3) is 0 Å². The minimum absolute atomic E-state index is 0.101. The Hall–Kier alpha value is -3.16. The van der Waals surface area contributed by atoms with Crippen LogP contribution in [-0.2, 0) is 6.54 Å². The van der Waals surface area contributed by atoms with Crippen LogP contribution >= 0.6 is 0 Å². The summed E-state index contributed by atoms with van der Waals surface area (Å²) in [6.45, 7) is 7.79. The van der Waals surface area contributed by atoms with Gasteiger partial charge in [0.2, 0.25) is 0 Å². The fourth-order valence-electron chi connectivity index (χ4n) is 2.65. The van der Waals surface area contributed by atoms with Crippen LogP contribution in [0.3, 0.4) is 0 Å². The molecule has 8 heteroatoms. The summed E-state index contributed by atoms with van der Waals surface area (Å²) in [6, 6.07) is 6.69. The van der Waals surface area contributed by atoms with Crippen molar-refractivity contribution in [1.82, 2.24) is 10.3 Å². The van der Waals surface area contributed by atoms with E-state index >= 15 is 0 Å². The predicted octanol–water partition coefficient (Wildman–Crippen LogP) is 2.66. The monoisotopic (exact) mass is 357 g/mol. The molecule has 0 bridgehead atoms. The molecule has 26 heavy (non-hydrogen) atoms. The molecule has 0 saturated carbocycles. The number of aryl methyl sites for hydroxylation is 1. The SMILES string of the molecule is CCN(CC)c1ccc(CNC(=O)c2cc(C)cc([N+](=O)[O-])c2N)cn1. The first-order valence-corrected chi connectivity index (χ1v) is 8.39. The van der Waals surface area contributed by atoms with E-state index < -0.39 is 10.8 Å². The maximum atomic E-state index is 12.4. The van der Waals surface area contributed by atoms with E-state index in [0.29, 0.717) is 5.56 Å². The van der Waals surface area contributed by atoms with Crippen LogP contribution in [0.5, 0.6) is 0 Å². The molecule has 1 amide bonds. The molecule has 0 saturated heterocycles. The number of amides is 1. The van der Waals surface area contributed by atoms with Gasteiger partial charge in [-0.05, 0) is 44.0 Å². The number of rotatable bonds is 7. The normalized spacial score (nSPS) is 10.4. The molecule has 0 atom stereocenters. The van der Waals surface area contributed by atoms with Gasteiger partial charge in [0.15, 0.2) is 0 Å². The maximum absolute atomic E-state index is 12.4. The summed E-state index contributed by atoms with van der Waals surface area (Å²) in [5, 5.41) is 13.8. The molecule has 0 aliphatic heterocycles. The van der Waals surface area contributed by atoms with Gasteiger partial charge in [0.05, 0.1) is 10.5 Å². The van der Waals surface area contributed by atoms with Crippen LogP contribution in [0.2, 0.25) is 0 Å². The number of anilines is 2. The van der Waals surface area contributed by atoms with Gasteiger partial charge in [0.25, 0.3) is 11.6 Å². The highest BCUT2D eigenvalue weighted by atomic mass is 16.6. The lowest BCUT2D eigenvalue weighted by Crippen LogP contribution is -2.25. The van der Waals surface area contributed by atoms with Crippen LogP contribution in [0.1, 0.15) is 35.3 Å². The van der Waals surface area contributed by atoms with Crippen molar-refractivity contribution in [2.45, 2.75) is 27.3 Å². The number of hydrogen-bond donors (Lipinski definition) is 2. The molecule has 0 aliphatic rings. The van der Waals surface area contributed by atoms with E-state index in [0.717, 1.165) is 24.5 Å². The molecule has 2 aromatic rings. The Morgan fingerprint density at radius 3 is 2.54 bits per heavy atom. The summed E-state index contributed by atoms with van der Waals surface area (Å²) in [7, 11) is 0. The molecule has 0 aliphatic carbocycles. The zero-order chi connectivity index (χ0) is 19.3. The van der Waals surface area contributed by atoms with Crippen molar-refractivity contribution >= 4 is 23.1 Å². The number of nitro groups is 1. The maximum Gasteiger partial charge on any atom is 0.293 e. The van der Waals surface area contributed by atoms with Gasteiger partial charge in [-0.2, -0.15) is 0 Å². The standard InChI is InChI=1S/C18H23N5O3/c1-4-22(5-2)16-7-6-13(10-20-16)11-21-18(24)14-8-12(3)9-15(17(14)19)23(25)26/h6-10H,4-5,11,19H2,1-3H3,(H,21,24). The highest BCUT2D eigenvalue weighted by Crippen LogP contribution is 2.27. The van der Waals surface area contributed by atoms with Gasteiger partial charge in [-0.3, -0.25) is 14.9 Å². The topological polar surface area (TPSA) is 114 Å². The highest BCUT2D eigenvalue weighted by molar-refractivity contribution is 6.01. The Bertz CT molecular complexity index is 801. The second-order valence-corrected chi connectivity index (χ2v) is 5.88. The summed E-state index contributed by atoms with van der Waals surface area (Å²) in [5.41, 5.74) is 6.92. The van der Waals surface area contributed by atoms with E-state index in [2.05, 4.69) is 29.0 Å². The number of nitrogens with zero attached hydrogens (tertiary/aromatic N) is 3. The molecule has 3 N–H and O–H groups in total. The number of nitrogens with one attached hydrogen (secondary N) is 1. The molecule has 2 rings (SSSR count). The smallest absolute Gasteiger partial charge is 0.293 e. The number of nitrogen functional groups attached to an aromatic ring is 1. The molecule has 1 aromatic heterocycles. The molecular formula is C18H23N5O3. The Morgan fingerprint density at radius 2 is 2.00 bits per heavy atom. The molecule has 0 radical (unpaired) electrons. The molecule has 8 nitrogen and oxygen atoms in total. The fraction of sp³-hybridized carbons (Fsp3) is 0.333. The van der Waals surface area contributed by atoms with Crippen molar-refractivity contribution < 1.29 is 9.72 Å². The third-order valence-electron chi connectivity index (χ3n) is 4.09. The minimum atomic E-state index is -0.588. The molecule has 0 spiro atoms. The summed E-state index contributed by atoms with van der Waals surface area (Å²) in [5.74, 6) is 0.422. The number of nitrogens with two attached hydrogens (primary N) is 1. The predicted molar refractivity (Wildman–Crippen MR) is 101 cm³/mol. The number of pyridine rings is 1. The lowest BCUT2D eigenvalue weighted by atomic mass is 10.1. The summed E-state index contributed by atoms with van der Waals surface area (Å²) in [4.78, 5) is 29.4. The summed E-state index contributed by atoms with van der Waals surface area (Å²) in [6.07, 6.45) is 1.70. The van der Waals surface area contributed by atoms with E-state index in [1.165, 1.54) is 6.07 Å². The quantitative estimate of drug-likeness (QED) is 0.447. The van der Waals surface area contributed by atoms with Gasteiger partial charge in [-0.25, -0.2) is 4.98 Å². The average Bonchev–Trinajstić information content (AvgIpc) is 2.63. The third-order valence-corrected chi connectivity index (χ3v) is 4.09. The van der Waals surface area contributed by atoms with Crippen LogP contribution in [0, 0.1) is 17.0 Å². The van der Waals surface area contributed by atoms with Gasteiger partial charge in [0.1, 0.15) is 11.5 Å². The van der Waals surface area contributed by atoms with Gasteiger partial charge in [-0.15, -0.1) is 0 Å². The first-order chi connectivity index (χ1) is 12.4. The fourth-order valence-corrected chi connectivity index (χ4v) is 2.65. The number of carbonyl (C=O) groups is 1. The second kappa shape index (κ2) is 8.28. The van der Waals surface area contributed by atoms with Gasteiger partial charge < -0.3 is 16.0 Å². The molecule has 138 valence electrons. The second-order valence-electron chi connectivity index (χ2n) is 5.88. The minimum Gasteiger partial charge on any atom is -0.393 e. The number of nitro benzene ring substituents is 1. The molecule has 1 aromatic carbocycles. The molecule has 0 fully saturated rings. The Labute approximate surface area is 152 Å². The van der Waals surface area contributed by atoms with Crippen LogP contribution in [-0.4, -0.2) is 28.9 Å².